The predicted octanol–water partition coefficient (Wildman–Crippen LogP) is 8.17. The number of rotatable bonds is 6. The van der Waals surface area contributed by atoms with Crippen LogP contribution in [0.4, 0.5) is 0 Å². The van der Waals surface area contributed by atoms with Gasteiger partial charge >= 0.3 is 0 Å². The monoisotopic (exact) mass is 422 g/mol. The minimum atomic E-state index is -0.0245. The van der Waals surface area contributed by atoms with E-state index in [1.165, 1.54) is 33.4 Å². The Labute approximate surface area is 192 Å². The lowest BCUT2D eigenvalue weighted by Crippen LogP contribution is -2.31. The largest absolute Gasteiger partial charge is 0.380 e. The van der Waals surface area contributed by atoms with Gasteiger partial charge in [-0.1, -0.05) is 106 Å². The molecule has 2 rings (SSSR count). The lowest BCUT2D eigenvalue weighted by atomic mass is 9.78. The first-order valence-corrected chi connectivity index (χ1v) is 11.8. The molecule has 0 unspecified atom stereocenters. The summed E-state index contributed by atoms with van der Waals surface area (Å²) in [5.41, 5.74) is 8.57. The molecule has 0 aliphatic carbocycles. The van der Waals surface area contributed by atoms with Crippen LogP contribution >= 0.6 is 0 Å². The Morgan fingerprint density at radius 3 is 1.13 bits per heavy atom. The summed E-state index contributed by atoms with van der Waals surface area (Å²) in [6.45, 7) is 28.7. The maximum Gasteiger partial charge on any atom is 0.0558 e. The number of benzene rings is 2. The lowest BCUT2D eigenvalue weighted by Gasteiger charge is -2.32. The van der Waals surface area contributed by atoms with Crippen molar-refractivity contribution >= 4 is 0 Å². The van der Waals surface area contributed by atoms with E-state index in [0.29, 0.717) is 13.2 Å². The van der Waals surface area contributed by atoms with Gasteiger partial charge in [-0.25, -0.2) is 0 Å². The van der Waals surface area contributed by atoms with Crippen molar-refractivity contribution in [2.75, 3.05) is 13.2 Å². The highest BCUT2D eigenvalue weighted by atomic mass is 16.5. The average Bonchev–Trinajstić information content (AvgIpc) is 2.59. The van der Waals surface area contributed by atoms with E-state index in [1.807, 2.05) is 0 Å². The average molecular weight is 423 g/mol. The zero-order valence-corrected chi connectivity index (χ0v) is 22.3. The second kappa shape index (κ2) is 8.74. The number of ether oxygens (including phenoxy) is 1. The molecule has 0 saturated carbocycles. The van der Waals surface area contributed by atoms with E-state index < -0.39 is 0 Å². The van der Waals surface area contributed by atoms with Gasteiger partial charge in [-0.2, -0.15) is 0 Å². The van der Waals surface area contributed by atoms with Crippen molar-refractivity contribution in [1.29, 1.82) is 0 Å². The second-order valence-corrected chi connectivity index (χ2v) is 12.8. The van der Waals surface area contributed by atoms with Gasteiger partial charge in [0.15, 0.2) is 0 Å². The van der Waals surface area contributed by atoms with Crippen molar-refractivity contribution in [2.45, 2.75) is 105 Å². The number of hydrogen-bond acceptors (Lipinski definition) is 1. The normalized spacial score (nSPS) is 13.5. The Bertz CT molecular complexity index is 825. The van der Waals surface area contributed by atoms with Gasteiger partial charge in [-0.3, -0.25) is 0 Å². The first-order chi connectivity index (χ1) is 13.9. The molecule has 0 spiro atoms. The van der Waals surface area contributed by atoms with Crippen LogP contribution in [-0.4, -0.2) is 13.2 Å². The Morgan fingerprint density at radius 1 is 0.548 bits per heavy atom. The van der Waals surface area contributed by atoms with Gasteiger partial charge in [0, 0.05) is 10.8 Å². The molecule has 0 aromatic heterocycles. The molecule has 0 amide bonds. The van der Waals surface area contributed by atoms with Gasteiger partial charge < -0.3 is 4.74 Å². The molecule has 0 saturated heterocycles. The Hall–Kier alpha value is -1.60. The van der Waals surface area contributed by atoms with Gasteiger partial charge in [0.1, 0.15) is 0 Å². The van der Waals surface area contributed by atoms with E-state index in [9.17, 15) is 0 Å². The summed E-state index contributed by atoms with van der Waals surface area (Å²) in [6.07, 6.45) is 0. The van der Waals surface area contributed by atoms with E-state index in [-0.39, 0.29) is 21.7 Å². The summed E-state index contributed by atoms with van der Waals surface area (Å²) in [7, 11) is 0. The lowest BCUT2D eigenvalue weighted by molar-refractivity contribution is 0.0633. The topological polar surface area (TPSA) is 9.23 Å². The summed E-state index contributed by atoms with van der Waals surface area (Å²) < 4.78 is 6.35. The van der Waals surface area contributed by atoms with Gasteiger partial charge in [-0.05, 0) is 58.1 Å². The van der Waals surface area contributed by atoms with Gasteiger partial charge in [-0.15, -0.1) is 0 Å². The molecule has 0 aliphatic rings. The van der Waals surface area contributed by atoms with Gasteiger partial charge in [0.25, 0.3) is 0 Å². The van der Waals surface area contributed by atoms with Crippen LogP contribution in [0.25, 0.3) is 0 Å². The number of hydrogen-bond donors (Lipinski definition) is 0. The molecule has 0 heterocycles. The maximum absolute atomic E-state index is 6.35. The molecule has 0 aliphatic heterocycles. The third-order valence-corrected chi connectivity index (χ3v) is 6.56. The summed E-state index contributed by atoms with van der Waals surface area (Å²) in [5.74, 6) is 0. The van der Waals surface area contributed by atoms with Crippen LogP contribution in [0.5, 0.6) is 0 Å². The van der Waals surface area contributed by atoms with Crippen molar-refractivity contribution in [1.82, 2.24) is 0 Å². The Kier molecular flexibility index (Phi) is 7.23. The molecule has 172 valence electrons. The second-order valence-electron chi connectivity index (χ2n) is 12.8. The molecule has 0 bridgehead atoms. The van der Waals surface area contributed by atoms with Crippen molar-refractivity contribution in [3.63, 3.8) is 0 Å². The summed E-state index contributed by atoms with van der Waals surface area (Å²) in [4.78, 5) is 0. The van der Waals surface area contributed by atoms with Gasteiger partial charge in [0.2, 0.25) is 0 Å². The summed E-state index contributed by atoms with van der Waals surface area (Å²) >= 11 is 0. The molecular formula is C30H46O. The van der Waals surface area contributed by atoms with E-state index in [2.05, 4.69) is 119 Å². The van der Waals surface area contributed by atoms with E-state index >= 15 is 0 Å². The maximum atomic E-state index is 6.35. The molecule has 1 nitrogen and oxygen atoms in total. The van der Waals surface area contributed by atoms with E-state index in [0.717, 1.165) is 0 Å². The highest BCUT2D eigenvalue weighted by molar-refractivity contribution is 5.39. The van der Waals surface area contributed by atoms with Gasteiger partial charge in [0.05, 0.1) is 13.2 Å². The predicted molar refractivity (Wildman–Crippen MR) is 137 cm³/mol. The van der Waals surface area contributed by atoms with Crippen LogP contribution in [0.15, 0.2) is 36.4 Å². The first-order valence-electron chi connectivity index (χ1n) is 11.8. The highest BCUT2D eigenvalue weighted by Gasteiger charge is 2.27. The van der Waals surface area contributed by atoms with Crippen molar-refractivity contribution in [3.05, 3.63) is 69.8 Å². The van der Waals surface area contributed by atoms with Crippen LogP contribution in [0.1, 0.15) is 103 Å². The van der Waals surface area contributed by atoms with Crippen molar-refractivity contribution in [2.24, 2.45) is 0 Å². The molecule has 0 atom stereocenters. The SMILES string of the molecule is Cc1cc(C(C)(C)COCC(C)(C)c2ccc(C(C)(C)C)c(C)c2)ccc1C(C)(C)C. The molecule has 1 heteroatoms. The van der Waals surface area contributed by atoms with Crippen molar-refractivity contribution in [3.8, 4) is 0 Å². The molecule has 0 fully saturated rings. The third kappa shape index (κ3) is 6.22. The minimum absolute atomic E-state index is 0.0245. The molecule has 0 N–H and O–H groups in total. The van der Waals surface area contributed by atoms with Crippen LogP contribution in [0.2, 0.25) is 0 Å². The van der Waals surface area contributed by atoms with Crippen LogP contribution in [0.3, 0.4) is 0 Å². The molecular weight excluding hydrogens is 376 g/mol. The van der Waals surface area contributed by atoms with Crippen LogP contribution < -0.4 is 0 Å². The minimum Gasteiger partial charge on any atom is -0.380 e. The van der Waals surface area contributed by atoms with Crippen LogP contribution in [-0.2, 0) is 26.4 Å². The zero-order valence-electron chi connectivity index (χ0n) is 22.3. The molecule has 2 aromatic rings. The molecule has 2 aromatic carbocycles. The fourth-order valence-corrected chi connectivity index (χ4v) is 4.58. The zero-order chi connectivity index (χ0) is 23.8. The van der Waals surface area contributed by atoms with E-state index in [1.54, 1.807) is 0 Å². The molecule has 31 heavy (non-hydrogen) atoms. The fraction of sp³-hybridized carbons (Fsp3) is 0.600. The fourth-order valence-electron chi connectivity index (χ4n) is 4.58. The summed E-state index contributed by atoms with van der Waals surface area (Å²) in [6, 6.07) is 13.9. The standard InChI is InChI=1S/C30H46O/c1-21-17-23(13-15-25(21)27(3,4)5)29(9,10)19-31-20-30(11,12)24-14-16-26(22(2)18-24)28(6,7)8/h13-18H,19-20H2,1-12H3. The molecule has 0 radical (unpaired) electrons. The highest BCUT2D eigenvalue weighted by Crippen LogP contribution is 2.33. The third-order valence-electron chi connectivity index (χ3n) is 6.56. The smallest absolute Gasteiger partial charge is 0.0558 e. The van der Waals surface area contributed by atoms with Crippen LogP contribution in [0, 0.1) is 13.8 Å². The van der Waals surface area contributed by atoms with Crippen molar-refractivity contribution < 1.29 is 4.74 Å². The Balaban J connectivity index is 2.11. The Morgan fingerprint density at radius 2 is 0.871 bits per heavy atom. The number of aryl methyl sites for hydroxylation is 2. The van der Waals surface area contributed by atoms with E-state index in [4.69, 9.17) is 4.74 Å². The first kappa shape index (κ1) is 25.7. The summed E-state index contributed by atoms with van der Waals surface area (Å²) in [5, 5.41) is 0. The quantitative estimate of drug-likeness (QED) is 0.456.